The van der Waals surface area contributed by atoms with Crippen molar-refractivity contribution < 1.29 is 14.0 Å². The Kier molecular flexibility index (Phi) is 4.54. The predicted octanol–water partition coefficient (Wildman–Crippen LogP) is 3.05. The average Bonchev–Trinajstić information content (AvgIpc) is 3.28. The molecule has 0 aliphatic heterocycles. The smallest absolute Gasteiger partial charge is 0.237 e. The van der Waals surface area contributed by atoms with Crippen molar-refractivity contribution in [3.8, 4) is 22.9 Å². The van der Waals surface area contributed by atoms with Gasteiger partial charge >= 0.3 is 0 Å². The first kappa shape index (κ1) is 16.9. The molecule has 1 aromatic carbocycles. The Hall–Kier alpha value is -2.55. The zero-order valence-corrected chi connectivity index (χ0v) is 15.6. The van der Waals surface area contributed by atoms with Crippen LogP contribution in [0.1, 0.15) is 30.5 Å². The molecule has 4 rings (SSSR count). The van der Waals surface area contributed by atoms with Crippen LogP contribution in [-0.2, 0) is 12.8 Å². The average molecular weight is 373 g/mol. The van der Waals surface area contributed by atoms with Gasteiger partial charge in [0.25, 0.3) is 0 Å². The molecule has 0 N–H and O–H groups in total. The summed E-state index contributed by atoms with van der Waals surface area (Å²) in [6.07, 6.45) is 2.41. The lowest BCUT2D eigenvalue weighted by Crippen LogP contribution is -1.97. The lowest BCUT2D eigenvalue weighted by molar-refractivity contribution is 0.355. The molecule has 8 nitrogen and oxygen atoms in total. The highest BCUT2D eigenvalue weighted by molar-refractivity contribution is 7.98. The first-order valence-corrected chi connectivity index (χ1v) is 9.25. The van der Waals surface area contributed by atoms with E-state index in [1.54, 1.807) is 14.2 Å². The predicted molar refractivity (Wildman–Crippen MR) is 95.4 cm³/mol. The second-order valence-corrected chi connectivity index (χ2v) is 6.99. The summed E-state index contributed by atoms with van der Waals surface area (Å²) < 4.78 is 18.0. The quantitative estimate of drug-likeness (QED) is 0.584. The minimum Gasteiger partial charge on any atom is -0.493 e. The third-order valence-corrected chi connectivity index (χ3v) is 5.25. The Morgan fingerprint density at radius 3 is 2.73 bits per heavy atom. The lowest BCUT2D eigenvalue weighted by Gasteiger charge is -2.07. The van der Waals surface area contributed by atoms with E-state index in [1.807, 2.05) is 29.8 Å². The number of hydrogen-bond donors (Lipinski definition) is 0. The Labute approximate surface area is 154 Å². The van der Waals surface area contributed by atoms with Crippen molar-refractivity contribution in [2.75, 3.05) is 14.2 Å². The molecular formula is C17H19N5O3S. The molecule has 26 heavy (non-hydrogen) atoms. The van der Waals surface area contributed by atoms with Crippen LogP contribution in [0, 0.1) is 0 Å². The minimum absolute atomic E-state index is 0.512. The molecule has 2 aromatic heterocycles. The summed E-state index contributed by atoms with van der Waals surface area (Å²) in [6.45, 7) is 0. The second kappa shape index (κ2) is 6.99. The molecule has 0 saturated heterocycles. The molecule has 0 unspecified atom stereocenters. The van der Waals surface area contributed by atoms with Crippen molar-refractivity contribution >= 4 is 11.8 Å². The highest BCUT2D eigenvalue weighted by Gasteiger charge is 2.29. The Morgan fingerprint density at radius 2 is 2.00 bits per heavy atom. The monoisotopic (exact) mass is 373 g/mol. The third-order valence-electron chi connectivity index (χ3n) is 4.25. The Morgan fingerprint density at radius 1 is 1.19 bits per heavy atom. The summed E-state index contributed by atoms with van der Waals surface area (Å²) in [7, 11) is 5.19. The van der Waals surface area contributed by atoms with Gasteiger partial charge in [-0.25, -0.2) is 0 Å². The van der Waals surface area contributed by atoms with E-state index in [9.17, 15) is 0 Å². The van der Waals surface area contributed by atoms with Crippen molar-refractivity contribution in [1.29, 1.82) is 0 Å². The maximum atomic E-state index is 5.37. The molecule has 0 amide bonds. The molecule has 0 spiro atoms. The Bertz CT molecular complexity index is 919. The van der Waals surface area contributed by atoms with E-state index in [-0.39, 0.29) is 0 Å². The highest BCUT2D eigenvalue weighted by Crippen LogP contribution is 2.39. The molecule has 2 heterocycles. The van der Waals surface area contributed by atoms with Crippen molar-refractivity contribution in [2.24, 2.45) is 7.05 Å². The van der Waals surface area contributed by atoms with Gasteiger partial charge in [0.2, 0.25) is 11.7 Å². The van der Waals surface area contributed by atoms with Gasteiger partial charge in [-0.2, -0.15) is 4.98 Å². The molecular weight excluding hydrogens is 354 g/mol. The van der Waals surface area contributed by atoms with E-state index in [1.165, 1.54) is 24.6 Å². The molecule has 1 fully saturated rings. The highest BCUT2D eigenvalue weighted by atomic mass is 32.2. The van der Waals surface area contributed by atoms with Crippen LogP contribution in [0.2, 0.25) is 0 Å². The van der Waals surface area contributed by atoms with Gasteiger partial charge in [0.1, 0.15) is 5.82 Å². The number of methoxy groups -OCH3 is 2. The fraction of sp³-hybridized carbons (Fsp3) is 0.412. The van der Waals surface area contributed by atoms with Crippen LogP contribution >= 0.6 is 11.8 Å². The maximum Gasteiger partial charge on any atom is 0.237 e. The molecule has 0 bridgehead atoms. The molecule has 1 saturated carbocycles. The number of nitrogens with zero attached hydrogens (tertiary/aromatic N) is 5. The number of aromatic nitrogens is 5. The molecule has 136 valence electrons. The molecule has 1 aliphatic carbocycles. The van der Waals surface area contributed by atoms with Gasteiger partial charge < -0.3 is 18.6 Å². The number of benzene rings is 1. The van der Waals surface area contributed by atoms with Crippen LogP contribution in [0.5, 0.6) is 11.5 Å². The maximum absolute atomic E-state index is 5.37. The van der Waals surface area contributed by atoms with Crippen molar-refractivity contribution in [1.82, 2.24) is 24.9 Å². The van der Waals surface area contributed by atoms with E-state index in [2.05, 4.69) is 20.3 Å². The van der Waals surface area contributed by atoms with Crippen LogP contribution in [-0.4, -0.2) is 39.1 Å². The number of hydrogen-bond acceptors (Lipinski definition) is 8. The van der Waals surface area contributed by atoms with Crippen LogP contribution < -0.4 is 9.47 Å². The summed E-state index contributed by atoms with van der Waals surface area (Å²) in [6, 6.07) is 5.51. The van der Waals surface area contributed by atoms with Gasteiger partial charge in [-0.15, -0.1) is 10.2 Å². The van der Waals surface area contributed by atoms with E-state index >= 15 is 0 Å². The van der Waals surface area contributed by atoms with Crippen molar-refractivity contribution in [2.45, 2.75) is 29.7 Å². The lowest BCUT2D eigenvalue weighted by atomic mass is 10.2. The fourth-order valence-electron chi connectivity index (χ4n) is 2.68. The minimum atomic E-state index is 0.512. The largest absolute Gasteiger partial charge is 0.493 e. The second-order valence-electron chi connectivity index (χ2n) is 6.04. The zero-order chi connectivity index (χ0) is 18.1. The number of ether oxygens (including phenoxy) is 2. The topological polar surface area (TPSA) is 88.1 Å². The van der Waals surface area contributed by atoms with Crippen molar-refractivity contribution in [3.05, 3.63) is 29.9 Å². The van der Waals surface area contributed by atoms with Gasteiger partial charge in [0, 0.05) is 18.5 Å². The summed E-state index contributed by atoms with van der Waals surface area (Å²) in [5.74, 6) is 4.50. The summed E-state index contributed by atoms with van der Waals surface area (Å²) in [5, 5.41) is 13.4. The number of rotatable bonds is 7. The van der Waals surface area contributed by atoms with Gasteiger partial charge in [-0.1, -0.05) is 16.9 Å². The third kappa shape index (κ3) is 3.26. The van der Waals surface area contributed by atoms with Gasteiger partial charge in [0.15, 0.2) is 16.7 Å². The molecule has 9 heteroatoms. The van der Waals surface area contributed by atoms with Gasteiger partial charge in [0.05, 0.1) is 20.0 Å². The Balaban J connectivity index is 1.46. The normalized spacial score (nSPS) is 13.8. The van der Waals surface area contributed by atoms with Crippen LogP contribution in [0.25, 0.3) is 11.4 Å². The molecule has 3 aromatic rings. The summed E-state index contributed by atoms with van der Waals surface area (Å²) in [4.78, 5) is 4.46. The van der Waals surface area contributed by atoms with Crippen LogP contribution in [0.3, 0.4) is 0 Å². The van der Waals surface area contributed by atoms with Gasteiger partial charge in [-0.05, 0) is 31.0 Å². The van der Waals surface area contributed by atoms with Crippen LogP contribution in [0.15, 0.2) is 27.9 Å². The van der Waals surface area contributed by atoms with E-state index < -0.39 is 0 Å². The number of thioether (sulfide) groups is 1. The SMILES string of the molecule is COc1ccc(-c2noc(CSc3nnc(C4CC4)n3C)n2)cc1OC. The van der Waals surface area contributed by atoms with E-state index in [0.717, 1.165) is 16.5 Å². The van der Waals surface area contributed by atoms with Crippen LogP contribution in [0.4, 0.5) is 0 Å². The van der Waals surface area contributed by atoms with E-state index in [4.69, 9.17) is 14.0 Å². The molecule has 1 aliphatic rings. The van der Waals surface area contributed by atoms with Crippen molar-refractivity contribution in [3.63, 3.8) is 0 Å². The summed E-state index contributed by atoms with van der Waals surface area (Å²) >= 11 is 1.54. The van der Waals surface area contributed by atoms with E-state index in [0.29, 0.717) is 34.9 Å². The first-order chi connectivity index (χ1) is 12.7. The first-order valence-electron chi connectivity index (χ1n) is 8.26. The standard InChI is InChI=1S/C17H19N5O3S/c1-22-16(10-4-5-10)19-20-17(22)26-9-14-18-15(21-25-14)11-6-7-12(23-2)13(8-11)24-3/h6-8,10H,4-5,9H2,1-3H3. The summed E-state index contributed by atoms with van der Waals surface area (Å²) in [5.41, 5.74) is 0.803. The molecule has 0 radical (unpaired) electrons. The van der Waals surface area contributed by atoms with Gasteiger partial charge in [-0.3, -0.25) is 0 Å². The zero-order valence-electron chi connectivity index (χ0n) is 14.8. The fourth-order valence-corrected chi connectivity index (χ4v) is 3.44. The molecule has 0 atom stereocenters.